The number of carbonyl (C=O) groups is 1. The smallest absolute Gasteiger partial charge is 0.478 e. The van der Waals surface area contributed by atoms with Gasteiger partial charge in [0.15, 0.2) is 0 Å². The summed E-state index contributed by atoms with van der Waals surface area (Å²) in [5.74, 6) is -1.88. The Balaban J connectivity index is 3.25. The standard InChI is InChI=1S/C10H7BrF3NO3/c11-6-2-3-7(18-10(12,13)14)5(9(6)15)1-4-8(16)17/h1-4H,15H2,(H,16,17)/b4-1+. The van der Waals surface area contributed by atoms with Crippen molar-refractivity contribution in [3.8, 4) is 5.75 Å². The second-order valence-corrected chi connectivity index (χ2v) is 3.95. The van der Waals surface area contributed by atoms with Crippen LogP contribution in [0.15, 0.2) is 22.7 Å². The van der Waals surface area contributed by atoms with Crippen molar-refractivity contribution >= 4 is 33.7 Å². The number of halogens is 4. The van der Waals surface area contributed by atoms with Crippen LogP contribution in [0.2, 0.25) is 0 Å². The van der Waals surface area contributed by atoms with Gasteiger partial charge in [-0.05, 0) is 34.1 Å². The van der Waals surface area contributed by atoms with E-state index in [9.17, 15) is 18.0 Å². The van der Waals surface area contributed by atoms with Crippen LogP contribution in [0.25, 0.3) is 6.08 Å². The molecule has 0 fully saturated rings. The molecule has 1 aromatic rings. The van der Waals surface area contributed by atoms with Crippen LogP contribution in [0, 0.1) is 0 Å². The highest BCUT2D eigenvalue weighted by Crippen LogP contribution is 2.35. The largest absolute Gasteiger partial charge is 0.573 e. The zero-order valence-corrected chi connectivity index (χ0v) is 10.2. The number of nitrogens with two attached hydrogens (primary N) is 1. The van der Waals surface area contributed by atoms with E-state index in [1.54, 1.807) is 0 Å². The average Bonchev–Trinajstić information content (AvgIpc) is 2.20. The minimum Gasteiger partial charge on any atom is -0.478 e. The van der Waals surface area contributed by atoms with E-state index < -0.39 is 18.1 Å². The minimum atomic E-state index is -4.88. The van der Waals surface area contributed by atoms with E-state index in [0.29, 0.717) is 10.5 Å². The second-order valence-electron chi connectivity index (χ2n) is 3.09. The van der Waals surface area contributed by atoms with Gasteiger partial charge in [0, 0.05) is 16.1 Å². The first-order valence-corrected chi connectivity index (χ1v) is 5.24. The van der Waals surface area contributed by atoms with Gasteiger partial charge in [0.1, 0.15) is 5.75 Å². The zero-order valence-electron chi connectivity index (χ0n) is 8.66. The highest BCUT2D eigenvalue weighted by molar-refractivity contribution is 9.10. The third-order valence-corrected chi connectivity index (χ3v) is 2.50. The van der Waals surface area contributed by atoms with Gasteiger partial charge in [-0.15, -0.1) is 13.2 Å². The predicted octanol–water partition coefficient (Wildman–Crippen LogP) is 3.03. The van der Waals surface area contributed by atoms with Gasteiger partial charge in [-0.25, -0.2) is 4.79 Å². The third kappa shape index (κ3) is 3.95. The molecule has 0 aliphatic heterocycles. The number of benzene rings is 1. The molecule has 98 valence electrons. The normalized spacial score (nSPS) is 11.8. The maximum atomic E-state index is 12.1. The fourth-order valence-electron chi connectivity index (χ4n) is 1.13. The van der Waals surface area contributed by atoms with Crippen LogP contribution in [0.3, 0.4) is 0 Å². The molecule has 4 nitrogen and oxygen atoms in total. The second kappa shape index (κ2) is 5.30. The average molecular weight is 326 g/mol. The van der Waals surface area contributed by atoms with Crippen LogP contribution in [0.1, 0.15) is 5.56 Å². The first kappa shape index (κ1) is 14.4. The van der Waals surface area contributed by atoms with Crippen LogP contribution < -0.4 is 10.5 Å². The Labute approximate surface area is 108 Å². The zero-order chi connectivity index (χ0) is 13.9. The topological polar surface area (TPSA) is 72.5 Å². The Morgan fingerprint density at radius 3 is 2.56 bits per heavy atom. The Hall–Kier alpha value is -1.70. The molecule has 0 amide bonds. The quantitative estimate of drug-likeness (QED) is 0.661. The van der Waals surface area contributed by atoms with Crippen LogP contribution in [0.4, 0.5) is 18.9 Å². The van der Waals surface area contributed by atoms with E-state index in [-0.39, 0.29) is 11.3 Å². The summed E-state index contributed by atoms with van der Waals surface area (Å²) in [7, 11) is 0. The molecule has 0 saturated heterocycles. The van der Waals surface area contributed by atoms with Gasteiger partial charge in [-0.3, -0.25) is 0 Å². The van der Waals surface area contributed by atoms with E-state index in [2.05, 4.69) is 20.7 Å². The van der Waals surface area contributed by atoms with Crippen LogP contribution >= 0.6 is 15.9 Å². The first-order chi connectivity index (χ1) is 8.20. The number of ether oxygens (including phenoxy) is 1. The molecular weight excluding hydrogens is 319 g/mol. The highest BCUT2D eigenvalue weighted by atomic mass is 79.9. The van der Waals surface area contributed by atoms with Gasteiger partial charge in [-0.2, -0.15) is 0 Å². The lowest BCUT2D eigenvalue weighted by Crippen LogP contribution is -2.18. The van der Waals surface area contributed by atoms with Gasteiger partial charge in [0.25, 0.3) is 0 Å². The maximum absolute atomic E-state index is 12.1. The van der Waals surface area contributed by atoms with Crippen molar-refractivity contribution in [2.24, 2.45) is 0 Å². The molecule has 0 aliphatic carbocycles. The van der Waals surface area contributed by atoms with Gasteiger partial charge in [0.2, 0.25) is 0 Å². The molecule has 0 unspecified atom stereocenters. The summed E-state index contributed by atoms with van der Waals surface area (Å²) in [6.07, 6.45) is -3.28. The number of anilines is 1. The number of carboxylic acid groups (broad SMARTS) is 1. The summed E-state index contributed by atoms with van der Waals surface area (Å²) in [6, 6.07) is 2.31. The Morgan fingerprint density at radius 1 is 1.44 bits per heavy atom. The molecule has 0 heterocycles. The van der Waals surface area contributed by atoms with Crippen LogP contribution in [-0.2, 0) is 4.79 Å². The number of nitrogen functional groups attached to an aromatic ring is 1. The summed E-state index contributed by atoms with van der Waals surface area (Å²) in [5.41, 5.74) is 5.34. The molecule has 8 heteroatoms. The molecule has 3 N–H and O–H groups in total. The molecular formula is C10H7BrF3NO3. The highest BCUT2D eigenvalue weighted by Gasteiger charge is 2.32. The van der Waals surface area contributed by atoms with Gasteiger partial charge >= 0.3 is 12.3 Å². The molecule has 0 saturated carbocycles. The first-order valence-electron chi connectivity index (χ1n) is 4.45. The third-order valence-electron chi connectivity index (χ3n) is 1.81. The maximum Gasteiger partial charge on any atom is 0.573 e. The monoisotopic (exact) mass is 325 g/mol. The Morgan fingerprint density at radius 2 is 2.06 bits per heavy atom. The van der Waals surface area contributed by atoms with Crippen molar-refractivity contribution in [2.45, 2.75) is 6.36 Å². The van der Waals surface area contributed by atoms with E-state index in [1.165, 1.54) is 6.07 Å². The van der Waals surface area contributed by atoms with Crippen molar-refractivity contribution < 1.29 is 27.8 Å². The summed E-state index contributed by atoms with van der Waals surface area (Å²) >= 11 is 3.02. The van der Waals surface area contributed by atoms with Crippen LogP contribution in [0.5, 0.6) is 5.75 Å². The molecule has 18 heavy (non-hydrogen) atoms. The number of aliphatic carboxylic acids is 1. The Bertz CT molecular complexity index is 500. The minimum absolute atomic E-state index is 0.0470. The summed E-state index contributed by atoms with van der Waals surface area (Å²) in [4.78, 5) is 10.4. The van der Waals surface area contributed by atoms with Crippen LogP contribution in [-0.4, -0.2) is 17.4 Å². The van der Waals surface area contributed by atoms with E-state index in [4.69, 9.17) is 10.8 Å². The van der Waals surface area contributed by atoms with Gasteiger partial charge in [-0.1, -0.05) is 0 Å². The molecule has 0 radical (unpaired) electrons. The lowest BCUT2D eigenvalue weighted by molar-refractivity contribution is -0.274. The lowest BCUT2D eigenvalue weighted by atomic mass is 10.1. The number of rotatable bonds is 3. The molecule has 0 aromatic heterocycles. The van der Waals surface area contributed by atoms with E-state index in [1.807, 2.05) is 0 Å². The number of hydrogen-bond acceptors (Lipinski definition) is 3. The van der Waals surface area contributed by atoms with Crippen molar-refractivity contribution in [2.75, 3.05) is 5.73 Å². The van der Waals surface area contributed by atoms with Crippen molar-refractivity contribution in [3.05, 3.63) is 28.2 Å². The number of hydrogen-bond donors (Lipinski definition) is 2. The molecule has 1 aromatic carbocycles. The summed E-state index contributed by atoms with van der Waals surface area (Å²) < 4.78 is 40.5. The molecule has 0 atom stereocenters. The SMILES string of the molecule is Nc1c(Br)ccc(OC(F)(F)F)c1/C=C/C(=O)O. The molecule has 0 aliphatic rings. The predicted molar refractivity (Wildman–Crippen MR) is 61.9 cm³/mol. The number of alkyl halides is 3. The fourth-order valence-corrected chi connectivity index (χ4v) is 1.48. The van der Waals surface area contributed by atoms with Gasteiger partial charge in [0.05, 0.1) is 5.69 Å². The van der Waals surface area contributed by atoms with Crippen molar-refractivity contribution in [3.63, 3.8) is 0 Å². The fraction of sp³-hybridized carbons (Fsp3) is 0.100. The van der Waals surface area contributed by atoms with Crippen molar-refractivity contribution in [1.82, 2.24) is 0 Å². The number of carboxylic acids is 1. The summed E-state index contributed by atoms with van der Waals surface area (Å²) in [6.45, 7) is 0. The molecule has 0 spiro atoms. The van der Waals surface area contributed by atoms with Gasteiger partial charge < -0.3 is 15.6 Å². The summed E-state index contributed by atoms with van der Waals surface area (Å²) in [5, 5.41) is 8.46. The molecule has 1 rings (SSSR count). The van der Waals surface area contributed by atoms with Crippen molar-refractivity contribution in [1.29, 1.82) is 0 Å². The van der Waals surface area contributed by atoms with E-state index in [0.717, 1.165) is 12.1 Å². The lowest BCUT2D eigenvalue weighted by Gasteiger charge is -2.13. The van der Waals surface area contributed by atoms with E-state index >= 15 is 0 Å². The molecule has 0 bridgehead atoms. The Kier molecular flexibility index (Phi) is 4.23.